The van der Waals surface area contributed by atoms with Gasteiger partial charge in [-0.2, -0.15) is 0 Å². The monoisotopic (exact) mass is 228 g/mol. The van der Waals surface area contributed by atoms with Crippen LogP contribution >= 0.6 is 12.2 Å². The van der Waals surface area contributed by atoms with Crippen LogP contribution in [0.15, 0.2) is 0 Å². The number of nitrogens with two attached hydrogens (primary N) is 1. The Morgan fingerprint density at radius 2 is 2.13 bits per heavy atom. The van der Waals surface area contributed by atoms with E-state index < -0.39 is 0 Å². The van der Waals surface area contributed by atoms with E-state index in [1.54, 1.807) is 0 Å². The molecule has 2 N–H and O–H groups in total. The molecule has 0 aromatic rings. The first-order valence-corrected chi connectivity index (χ1v) is 5.86. The quantitative estimate of drug-likeness (QED) is 0.726. The number of thiocarbonyl (C=S) groups is 1. The first-order chi connectivity index (χ1) is 6.88. The Kier molecular flexibility index (Phi) is 3.71. The highest BCUT2D eigenvalue weighted by atomic mass is 32.1. The molecule has 1 fully saturated rings. The molecule has 15 heavy (non-hydrogen) atoms. The molecule has 1 atom stereocenters. The third-order valence-corrected chi connectivity index (χ3v) is 3.34. The fraction of sp³-hybridized carbons (Fsp3) is 0.818. The predicted octanol–water partition coefficient (Wildman–Crippen LogP) is 1.56. The topological polar surface area (TPSA) is 46.3 Å². The van der Waals surface area contributed by atoms with Gasteiger partial charge < -0.3 is 10.6 Å². The Morgan fingerprint density at radius 3 is 2.47 bits per heavy atom. The van der Waals surface area contributed by atoms with Crippen molar-refractivity contribution in [2.24, 2.45) is 17.1 Å². The van der Waals surface area contributed by atoms with Crippen LogP contribution in [-0.2, 0) is 4.79 Å². The molecule has 1 aliphatic rings. The Balaban J connectivity index is 2.45. The molecular weight excluding hydrogens is 208 g/mol. The highest BCUT2D eigenvalue weighted by molar-refractivity contribution is 7.80. The number of nitrogens with zero attached hydrogens (tertiary/aromatic N) is 1. The molecule has 0 aliphatic heterocycles. The summed E-state index contributed by atoms with van der Waals surface area (Å²) in [6, 6.07) is 0. The minimum atomic E-state index is 0.202. The zero-order chi connectivity index (χ0) is 11.6. The van der Waals surface area contributed by atoms with Crippen molar-refractivity contribution in [2.75, 3.05) is 13.1 Å². The second kappa shape index (κ2) is 4.47. The lowest BCUT2D eigenvalue weighted by Crippen LogP contribution is -2.35. The summed E-state index contributed by atoms with van der Waals surface area (Å²) in [7, 11) is 0. The molecule has 0 bridgehead atoms. The second-order valence-corrected chi connectivity index (χ2v) is 5.40. The van der Waals surface area contributed by atoms with Crippen LogP contribution in [0.1, 0.15) is 33.6 Å². The Labute approximate surface area is 97.0 Å². The van der Waals surface area contributed by atoms with E-state index in [1.807, 2.05) is 11.8 Å². The molecule has 0 spiro atoms. The van der Waals surface area contributed by atoms with Crippen LogP contribution < -0.4 is 5.73 Å². The molecule has 0 saturated heterocycles. The van der Waals surface area contributed by atoms with Gasteiger partial charge in [0.1, 0.15) is 0 Å². The largest absolute Gasteiger partial charge is 0.393 e. The van der Waals surface area contributed by atoms with Gasteiger partial charge in [-0.05, 0) is 18.8 Å². The molecule has 0 heterocycles. The van der Waals surface area contributed by atoms with Gasteiger partial charge in [-0.1, -0.05) is 26.1 Å². The summed E-state index contributed by atoms with van der Waals surface area (Å²) in [5.41, 5.74) is 5.64. The normalized spacial score (nSPS) is 22.2. The van der Waals surface area contributed by atoms with Crippen molar-refractivity contribution < 1.29 is 4.79 Å². The van der Waals surface area contributed by atoms with E-state index in [-0.39, 0.29) is 17.2 Å². The van der Waals surface area contributed by atoms with Crippen molar-refractivity contribution >= 4 is 23.1 Å². The molecule has 0 aromatic heterocycles. The number of carbonyl (C=O) groups excluding carboxylic acids is 1. The zero-order valence-electron chi connectivity index (χ0n) is 9.75. The van der Waals surface area contributed by atoms with Crippen LogP contribution in [0.2, 0.25) is 0 Å². The standard InChI is InChI=1S/C11H20N2OS/c1-4-13(6-5-9(12)15)10(14)8-7-11(8,2)3/h8H,4-7H2,1-3H3,(H2,12,15). The van der Waals surface area contributed by atoms with Gasteiger partial charge >= 0.3 is 0 Å². The van der Waals surface area contributed by atoms with E-state index in [0.717, 1.165) is 13.0 Å². The lowest BCUT2D eigenvalue weighted by atomic mass is 10.1. The Bertz CT molecular complexity index is 276. The van der Waals surface area contributed by atoms with Crippen LogP contribution in [0, 0.1) is 11.3 Å². The van der Waals surface area contributed by atoms with Crippen molar-refractivity contribution in [1.82, 2.24) is 4.90 Å². The van der Waals surface area contributed by atoms with E-state index in [9.17, 15) is 4.79 Å². The molecule has 86 valence electrons. The van der Waals surface area contributed by atoms with E-state index in [0.29, 0.717) is 18.0 Å². The van der Waals surface area contributed by atoms with Crippen molar-refractivity contribution in [2.45, 2.75) is 33.6 Å². The van der Waals surface area contributed by atoms with E-state index in [1.165, 1.54) is 0 Å². The first kappa shape index (κ1) is 12.4. The van der Waals surface area contributed by atoms with Crippen molar-refractivity contribution in [3.8, 4) is 0 Å². The SMILES string of the molecule is CCN(CCC(N)=S)C(=O)C1CC1(C)C. The molecule has 1 aliphatic carbocycles. The van der Waals surface area contributed by atoms with Crippen LogP contribution in [0.5, 0.6) is 0 Å². The summed E-state index contributed by atoms with van der Waals surface area (Å²) in [6.45, 7) is 7.67. The third kappa shape index (κ3) is 3.16. The molecular formula is C11H20N2OS. The number of carbonyl (C=O) groups is 1. The molecule has 1 saturated carbocycles. The van der Waals surface area contributed by atoms with E-state index in [2.05, 4.69) is 13.8 Å². The molecule has 3 nitrogen and oxygen atoms in total. The van der Waals surface area contributed by atoms with Gasteiger partial charge in [0.15, 0.2) is 0 Å². The Morgan fingerprint density at radius 1 is 1.60 bits per heavy atom. The molecule has 4 heteroatoms. The van der Waals surface area contributed by atoms with Gasteiger partial charge in [0.2, 0.25) is 5.91 Å². The van der Waals surface area contributed by atoms with Crippen molar-refractivity contribution in [3.05, 3.63) is 0 Å². The molecule has 0 radical (unpaired) electrons. The highest BCUT2D eigenvalue weighted by Gasteiger charge is 2.51. The summed E-state index contributed by atoms with van der Waals surface area (Å²) < 4.78 is 0. The van der Waals surface area contributed by atoms with E-state index in [4.69, 9.17) is 18.0 Å². The molecule has 0 aromatic carbocycles. The maximum atomic E-state index is 12.0. The van der Waals surface area contributed by atoms with Crippen LogP contribution in [0.25, 0.3) is 0 Å². The molecule has 1 rings (SSSR count). The summed E-state index contributed by atoms with van der Waals surface area (Å²) in [6.07, 6.45) is 1.64. The van der Waals surface area contributed by atoms with Crippen molar-refractivity contribution in [3.63, 3.8) is 0 Å². The van der Waals surface area contributed by atoms with Gasteiger partial charge in [-0.3, -0.25) is 4.79 Å². The minimum Gasteiger partial charge on any atom is -0.393 e. The highest BCUT2D eigenvalue weighted by Crippen LogP contribution is 2.52. The summed E-state index contributed by atoms with van der Waals surface area (Å²) in [5.74, 6) is 0.475. The summed E-state index contributed by atoms with van der Waals surface area (Å²) >= 11 is 4.81. The minimum absolute atomic E-state index is 0.202. The van der Waals surface area contributed by atoms with Crippen LogP contribution in [-0.4, -0.2) is 28.9 Å². The maximum Gasteiger partial charge on any atom is 0.226 e. The average Bonchev–Trinajstić information content (AvgIpc) is 2.75. The summed E-state index contributed by atoms with van der Waals surface area (Å²) in [4.78, 5) is 14.3. The Hall–Kier alpha value is -0.640. The van der Waals surface area contributed by atoms with Crippen LogP contribution in [0.3, 0.4) is 0 Å². The summed E-state index contributed by atoms with van der Waals surface area (Å²) in [5, 5.41) is 0. The second-order valence-electron chi connectivity index (χ2n) is 4.88. The number of hydrogen-bond donors (Lipinski definition) is 1. The van der Waals surface area contributed by atoms with Gasteiger partial charge in [-0.25, -0.2) is 0 Å². The smallest absolute Gasteiger partial charge is 0.226 e. The zero-order valence-corrected chi connectivity index (χ0v) is 10.6. The molecule has 1 unspecified atom stereocenters. The lowest BCUT2D eigenvalue weighted by molar-refractivity contribution is -0.133. The van der Waals surface area contributed by atoms with Gasteiger partial charge in [-0.15, -0.1) is 0 Å². The fourth-order valence-corrected chi connectivity index (χ4v) is 1.87. The fourth-order valence-electron chi connectivity index (χ4n) is 1.78. The third-order valence-electron chi connectivity index (χ3n) is 3.13. The predicted molar refractivity (Wildman–Crippen MR) is 65.5 cm³/mol. The number of hydrogen-bond acceptors (Lipinski definition) is 2. The average molecular weight is 228 g/mol. The lowest BCUT2D eigenvalue weighted by Gasteiger charge is -2.21. The van der Waals surface area contributed by atoms with E-state index >= 15 is 0 Å². The number of amides is 1. The van der Waals surface area contributed by atoms with Gasteiger partial charge in [0.25, 0.3) is 0 Å². The first-order valence-electron chi connectivity index (χ1n) is 5.45. The van der Waals surface area contributed by atoms with Crippen LogP contribution in [0.4, 0.5) is 0 Å². The molecule has 1 amide bonds. The van der Waals surface area contributed by atoms with Gasteiger partial charge in [0, 0.05) is 25.4 Å². The van der Waals surface area contributed by atoms with Crippen molar-refractivity contribution in [1.29, 1.82) is 0 Å². The maximum absolute atomic E-state index is 12.0. The number of rotatable bonds is 5. The van der Waals surface area contributed by atoms with Gasteiger partial charge in [0.05, 0.1) is 4.99 Å².